The van der Waals surface area contributed by atoms with E-state index in [2.05, 4.69) is 40.9 Å². The first-order chi connectivity index (χ1) is 12.5. The fourth-order valence-corrected chi connectivity index (χ4v) is 2.81. The molecule has 0 amide bonds. The molecule has 2 aromatic carbocycles. The number of rotatable bonds is 5. The number of halogens is 1. The predicted octanol–water partition coefficient (Wildman–Crippen LogP) is 4.45. The molecule has 0 unspecified atom stereocenters. The third kappa shape index (κ3) is 3.84. The summed E-state index contributed by atoms with van der Waals surface area (Å²) in [4.78, 5) is 13.4. The van der Waals surface area contributed by atoms with Gasteiger partial charge in [-0.05, 0) is 35.2 Å². The molecule has 0 saturated carbocycles. The van der Waals surface area contributed by atoms with E-state index in [1.165, 1.54) is 12.7 Å². The van der Waals surface area contributed by atoms with Crippen molar-refractivity contribution in [1.82, 2.24) is 15.0 Å². The second-order valence-electron chi connectivity index (χ2n) is 6.27. The summed E-state index contributed by atoms with van der Waals surface area (Å²) in [6.07, 6.45) is 0. The summed E-state index contributed by atoms with van der Waals surface area (Å²) in [6, 6.07) is 14.0. The van der Waals surface area contributed by atoms with Crippen LogP contribution in [0.25, 0.3) is 22.8 Å². The van der Waals surface area contributed by atoms with E-state index in [4.69, 9.17) is 22.1 Å². The van der Waals surface area contributed by atoms with E-state index in [1.807, 2.05) is 24.3 Å². The molecule has 5 nitrogen and oxygen atoms in total. The second-order valence-corrected chi connectivity index (χ2v) is 6.68. The van der Waals surface area contributed by atoms with E-state index in [0.717, 1.165) is 11.1 Å². The lowest BCUT2D eigenvalue weighted by Gasteiger charge is -2.11. The molecule has 0 bridgehead atoms. The molecule has 0 fully saturated rings. The van der Waals surface area contributed by atoms with Crippen LogP contribution in [0.4, 0.5) is 0 Å². The van der Waals surface area contributed by atoms with E-state index in [-0.39, 0.29) is 6.01 Å². The number of hydrogen-bond donors (Lipinski definition) is 1. The van der Waals surface area contributed by atoms with Crippen LogP contribution in [-0.2, 0) is 6.54 Å². The molecule has 134 valence electrons. The molecule has 0 spiro atoms. The first kappa shape index (κ1) is 18.3. The van der Waals surface area contributed by atoms with Crippen molar-refractivity contribution in [1.29, 1.82) is 0 Å². The van der Waals surface area contributed by atoms with Gasteiger partial charge >= 0.3 is 6.01 Å². The minimum Gasteiger partial charge on any atom is -0.467 e. The summed E-state index contributed by atoms with van der Waals surface area (Å²) in [7, 11) is 1.53. The standard InChI is InChI=1S/C20H21ClN4O/c1-12(2)14-5-4-6-15(10-14)18-23-19(25-20(24-18)26-3)16-9-13(11-22)7-8-17(16)21/h4-10,12H,11,22H2,1-3H3. The number of ether oxygens (including phenoxy) is 1. The summed E-state index contributed by atoms with van der Waals surface area (Å²) in [5.41, 5.74) is 9.53. The second kappa shape index (κ2) is 7.81. The van der Waals surface area contributed by atoms with E-state index >= 15 is 0 Å². The molecule has 1 heterocycles. The summed E-state index contributed by atoms with van der Waals surface area (Å²) in [5, 5.41) is 0.553. The Morgan fingerprint density at radius 2 is 1.81 bits per heavy atom. The minimum absolute atomic E-state index is 0.245. The maximum absolute atomic E-state index is 6.37. The molecule has 26 heavy (non-hydrogen) atoms. The van der Waals surface area contributed by atoms with Crippen LogP contribution in [-0.4, -0.2) is 22.1 Å². The number of aromatic nitrogens is 3. The van der Waals surface area contributed by atoms with Gasteiger partial charge in [0.25, 0.3) is 0 Å². The van der Waals surface area contributed by atoms with E-state index in [0.29, 0.717) is 34.7 Å². The van der Waals surface area contributed by atoms with Gasteiger partial charge in [-0.3, -0.25) is 0 Å². The van der Waals surface area contributed by atoms with Gasteiger partial charge in [-0.25, -0.2) is 4.98 Å². The zero-order valence-corrected chi connectivity index (χ0v) is 15.8. The van der Waals surface area contributed by atoms with Crippen molar-refractivity contribution in [3.8, 4) is 28.8 Å². The van der Waals surface area contributed by atoms with Gasteiger partial charge in [0.05, 0.1) is 12.1 Å². The monoisotopic (exact) mass is 368 g/mol. The molecule has 0 saturated heterocycles. The molecule has 0 atom stereocenters. The fraction of sp³-hybridized carbons (Fsp3) is 0.250. The normalized spacial score (nSPS) is 11.0. The molecule has 0 aliphatic rings. The van der Waals surface area contributed by atoms with Gasteiger partial charge in [0, 0.05) is 17.7 Å². The SMILES string of the molecule is COc1nc(-c2cccc(C(C)C)c2)nc(-c2cc(CN)ccc2Cl)n1. The van der Waals surface area contributed by atoms with Crippen molar-refractivity contribution in [3.63, 3.8) is 0 Å². The quantitative estimate of drug-likeness (QED) is 0.720. The molecule has 0 aliphatic heterocycles. The third-order valence-electron chi connectivity index (χ3n) is 4.12. The minimum atomic E-state index is 0.245. The van der Waals surface area contributed by atoms with Gasteiger partial charge < -0.3 is 10.5 Å². The Balaban J connectivity index is 2.15. The topological polar surface area (TPSA) is 73.9 Å². The maximum Gasteiger partial charge on any atom is 0.320 e. The Morgan fingerprint density at radius 1 is 1.04 bits per heavy atom. The molecule has 2 N–H and O–H groups in total. The average molecular weight is 369 g/mol. The highest BCUT2D eigenvalue weighted by molar-refractivity contribution is 6.33. The molecule has 3 aromatic rings. The first-order valence-electron chi connectivity index (χ1n) is 8.41. The highest BCUT2D eigenvalue weighted by Crippen LogP contribution is 2.29. The number of methoxy groups -OCH3 is 1. The number of nitrogens with zero attached hydrogens (tertiary/aromatic N) is 3. The van der Waals surface area contributed by atoms with Crippen LogP contribution >= 0.6 is 11.6 Å². The predicted molar refractivity (Wildman–Crippen MR) is 104 cm³/mol. The largest absolute Gasteiger partial charge is 0.467 e. The summed E-state index contributed by atoms with van der Waals surface area (Å²) >= 11 is 6.37. The van der Waals surface area contributed by atoms with Gasteiger partial charge in [0.1, 0.15) is 0 Å². The zero-order valence-electron chi connectivity index (χ0n) is 15.0. The van der Waals surface area contributed by atoms with Crippen LogP contribution in [0, 0.1) is 0 Å². The summed E-state index contributed by atoms with van der Waals surface area (Å²) in [6.45, 7) is 4.71. The van der Waals surface area contributed by atoms with Crippen LogP contribution in [0.1, 0.15) is 30.9 Å². The molecular weight excluding hydrogens is 348 g/mol. The van der Waals surface area contributed by atoms with Gasteiger partial charge in [-0.15, -0.1) is 0 Å². The van der Waals surface area contributed by atoms with E-state index in [9.17, 15) is 0 Å². The Bertz CT molecular complexity index is 927. The van der Waals surface area contributed by atoms with Crippen molar-refractivity contribution in [3.05, 3.63) is 58.6 Å². The molecular formula is C20H21ClN4O. The molecule has 3 rings (SSSR count). The van der Waals surface area contributed by atoms with E-state index < -0.39 is 0 Å². The van der Waals surface area contributed by atoms with Gasteiger partial charge in [-0.2, -0.15) is 9.97 Å². The molecule has 0 aliphatic carbocycles. The lowest BCUT2D eigenvalue weighted by molar-refractivity contribution is 0.379. The lowest BCUT2D eigenvalue weighted by atomic mass is 10.0. The van der Waals surface area contributed by atoms with Crippen molar-refractivity contribution in [2.45, 2.75) is 26.3 Å². The highest BCUT2D eigenvalue weighted by atomic mass is 35.5. The van der Waals surface area contributed by atoms with Crippen molar-refractivity contribution in [2.24, 2.45) is 5.73 Å². The molecule has 0 radical (unpaired) electrons. The number of benzene rings is 2. The van der Waals surface area contributed by atoms with Crippen LogP contribution in [0.5, 0.6) is 6.01 Å². The lowest BCUT2D eigenvalue weighted by Crippen LogP contribution is -2.02. The van der Waals surface area contributed by atoms with Crippen molar-refractivity contribution in [2.75, 3.05) is 7.11 Å². The Kier molecular flexibility index (Phi) is 5.49. The van der Waals surface area contributed by atoms with Gasteiger partial charge in [-0.1, -0.05) is 49.7 Å². The van der Waals surface area contributed by atoms with Crippen molar-refractivity contribution < 1.29 is 4.74 Å². The summed E-state index contributed by atoms with van der Waals surface area (Å²) < 4.78 is 5.28. The highest BCUT2D eigenvalue weighted by Gasteiger charge is 2.14. The van der Waals surface area contributed by atoms with Crippen molar-refractivity contribution >= 4 is 11.6 Å². The molecule has 6 heteroatoms. The molecule has 1 aromatic heterocycles. The summed E-state index contributed by atoms with van der Waals surface area (Å²) in [5.74, 6) is 1.42. The van der Waals surface area contributed by atoms with E-state index in [1.54, 1.807) is 6.07 Å². The Labute approximate surface area is 158 Å². The Hall–Kier alpha value is -2.50. The van der Waals surface area contributed by atoms with Crippen LogP contribution in [0.2, 0.25) is 5.02 Å². The zero-order chi connectivity index (χ0) is 18.7. The van der Waals surface area contributed by atoms with Crippen LogP contribution < -0.4 is 10.5 Å². The van der Waals surface area contributed by atoms with Crippen LogP contribution in [0.3, 0.4) is 0 Å². The fourth-order valence-electron chi connectivity index (χ4n) is 2.60. The number of nitrogens with two attached hydrogens (primary N) is 1. The first-order valence-corrected chi connectivity index (χ1v) is 8.79. The number of hydrogen-bond acceptors (Lipinski definition) is 5. The Morgan fingerprint density at radius 3 is 2.50 bits per heavy atom. The maximum atomic E-state index is 6.37. The smallest absolute Gasteiger partial charge is 0.320 e. The average Bonchev–Trinajstić information content (AvgIpc) is 2.68. The van der Waals surface area contributed by atoms with Gasteiger partial charge in [0.15, 0.2) is 11.6 Å². The van der Waals surface area contributed by atoms with Gasteiger partial charge in [0.2, 0.25) is 0 Å². The third-order valence-corrected chi connectivity index (χ3v) is 4.45. The van der Waals surface area contributed by atoms with Crippen LogP contribution in [0.15, 0.2) is 42.5 Å².